The Hall–Kier alpha value is -1.27. The maximum Gasteiger partial charge on any atom is 0.401 e. The number of likely N-dealkylation sites (N-methyl/N-ethyl adjacent to an activating group) is 2. The summed E-state index contributed by atoms with van der Waals surface area (Å²) in [6.45, 7) is 2.05. The zero-order chi connectivity index (χ0) is 15.9. The van der Waals surface area contributed by atoms with Gasteiger partial charge in [0.15, 0.2) is 0 Å². The first-order chi connectivity index (χ1) is 9.85. The largest absolute Gasteiger partial charge is 0.494 e. The van der Waals surface area contributed by atoms with E-state index in [0.29, 0.717) is 6.61 Å². The number of hydrogen-bond donors (Lipinski definition) is 1. The van der Waals surface area contributed by atoms with Gasteiger partial charge in [-0.2, -0.15) is 13.2 Å². The zero-order valence-corrected chi connectivity index (χ0v) is 12.7. The maximum absolute atomic E-state index is 12.4. The molecule has 0 spiro atoms. The Balaban J connectivity index is 2.63. The highest BCUT2D eigenvalue weighted by Crippen LogP contribution is 2.21. The third-order valence-electron chi connectivity index (χ3n) is 3.05. The molecular weight excluding hydrogens is 281 g/mol. The van der Waals surface area contributed by atoms with Crippen molar-refractivity contribution in [3.63, 3.8) is 0 Å². The molecule has 21 heavy (non-hydrogen) atoms. The fourth-order valence-electron chi connectivity index (χ4n) is 2.06. The van der Waals surface area contributed by atoms with Crippen LogP contribution in [0.2, 0.25) is 0 Å². The number of benzene rings is 1. The number of alkyl halides is 3. The van der Waals surface area contributed by atoms with Crippen molar-refractivity contribution < 1.29 is 17.9 Å². The number of nitrogens with one attached hydrogen (secondary N) is 1. The van der Waals surface area contributed by atoms with Crippen molar-refractivity contribution >= 4 is 0 Å². The molecule has 0 aliphatic carbocycles. The van der Waals surface area contributed by atoms with E-state index in [0.717, 1.165) is 17.7 Å². The molecule has 120 valence electrons. The van der Waals surface area contributed by atoms with Crippen LogP contribution >= 0.6 is 0 Å². The minimum absolute atomic E-state index is 0.155. The molecule has 0 aliphatic rings. The predicted octanol–water partition coefficient (Wildman–Crippen LogP) is 3.23. The van der Waals surface area contributed by atoms with Crippen LogP contribution < -0.4 is 10.1 Å². The summed E-state index contributed by atoms with van der Waals surface area (Å²) in [7, 11) is 3.21. The Morgan fingerprint density at radius 2 is 1.86 bits per heavy atom. The summed E-state index contributed by atoms with van der Waals surface area (Å²) in [6.07, 6.45) is -3.24. The van der Waals surface area contributed by atoms with Crippen LogP contribution in [-0.4, -0.2) is 44.9 Å². The highest BCUT2D eigenvalue weighted by Gasteiger charge is 2.29. The van der Waals surface area contributed by atoms with Crippen LogP contribution in [0.25, 0.3) is 0 Å². The number of ether oxygens (including phenoxy) is 1. The van der Waals surface area contributed by atoms with E-state index < -0.39 is 12.7 Å². The molecule has 1 aromatic rings. The Bertz CT molecular complexity index is 406. The number of hydrogen-bond acceptors (Lipinski definition) is 3. The molecule has 0 fully saturated rings. The second-order valence-electron chi connectivity index (χ2n) is 5.07. The van der Waals surface area contributed by atoms with Crippen molar-refractivity contribution in [1.82, 2.24) is 10.2 Å². The molecule has 0 amide bonds. The fourth-order valence-corrected chi connectivity index (χ4v) is 2.06. The van der Waals surface area contributed by atoms with Crippen LogP contribution in [0.15, 0.2) is 24.3 Å². The third-order valence-corrected chi connectivity index (χ3v) is 3.05. The van der Waals surface area contributed by atoms with E-state index in [4.69, 9.17) is 4.74 Å². The molecule has 3 nitrogen and oxygen atoms in total. The van der Waals surface area contributed by atoms with Gasteiger partial charge in [-0.3, -0.25) is 4.90 Å². The summed E-state index contributed by atoms with van der Waals surface area (Å²) >= 11 is 0. The summed E-state index contributed by atoms with van der Waals surface area (Å²) in [5.41, 5.74) is 0.940. The van der Waals surface area contributed by atoms with Gasteiger partial charge in [0, 0.05) is 12.6 Å². The molecule has 6 heteroatoms. The van der Waals surface area contributed by atoms with E-state index in [9.17, 15) is 13.2 Å². The lowest BCUT2D eigenvalue weighted by atomic mass is 10.1. The number of halogens is 3. The summed E-state index contributed by atoms with van der Waals surface area (Å²) in [6, 6.07) is 7.30. The van der Waals surface area contributed by atoms with Gasteiger partial charge in [-0.15, -0.1) is 0 Å². The van der Waals surface area contributed by atoms with Crippen molar-refractivity contribution in [1.29, 1.82) is 0 Å². The zero-order valence-electron chi connectivity index (χ0n) is 12.7. The van der Waals surface area contributed by atoms with Crippen LogP contribution in [0.3, 0.4) is 0 Å². The van der Waals surface area contributed by atoms with Crippen molar-refractivity contribution in [2.75, 3.05) is 33.8 Å². The maximum atomic E-state index is 12.4. The minimum Gasteiger partial charge on any atom is -0.494 e. The topological polar surface area (TPSA) is 24.5 Å². The van der Waals surface area contributed by atoms with E-state index in [1.807, 2.05) is 31.2 Å². The lowest BCUT2D eigenvalue weighted by Crippen LogP contribution is -2.37. The van der Waals surface area contributed by atoms with Gasteiger partial charge in [-0.1, -0.05) is 19.1 Å². The highest BCUT2D eigenvalue weighted by atomic mass is 19.4. The van der Waals surface area contributed by atoms with Gasteiger partial charge >= 0.3 is 6.18 Å². The van der Waals surface area contributed by atoms with Gasteiger partial charge in [0.25, 0.3) is 0 Å². The predicted molar refractivity (Wildman–Crippen MR) is 77.6 cm³/mol. The van der Waals surface area contributed by atoms with Crippen LogP contribution in [0.5, 0.6) is 5.75 Å². The quantitative estimate of drug-likeness (QED) is 0.798. The number of nitrogens with zero attached hydrogens (tertiary/aromatic N) is 1. The Morgan fingerprint density at radius 3 is 2.33 bits per heavy atom. The SMILES string of the molecule is CCCOc1ccc(C(CN(C)CC(F)(F)F)NC)cc1. The fraction of sp³-hybridized carbons (Fsp3) is 0.600. The molecule has 1 aromatic carbocycles. The van der Waals surface area contributed by atoms with Crippen LogP contribution in [0.1, 0.15) is 24.9 Å². The standard InChI is InChI=1S/C15H23F3N2O/c1-4-9-21-13-7-5-12(6-8-13)14(19-2)10-20(3)11-15(16,17)18/h5-8,14,19H,4,9-11H2,1-3H3. The average Bonchev–Trinajstić information content (AvgIpc) is 2.41. The summed E-state index contributed by atoms with van der Waals surface area (Å²) in [5.74, 6) is 0.777. The summed E-state index contributed by atoms with van der Waals surface area (Å²) in [4.78, 5) is 1.27. The van der Waals surface area contributed by atoms with Gasteiger partial charge < -0.3 is 10.1 Å². The van der Waals surface area contributed by atoms with Gasteiger partial charge in [-0.05, 0) is 38.2 Å². The van der Waals surface area contributed by atoms with E-state index in [-0.39, 0.29) is 12.6 Å². The van der Waals surface area contributed by atoms with Crippen LogP contribution in [0.4, 0.5) is 13.2 Å². The van der Waals surface area contributed by atoms with Crippen molar-refractivity contribution in [2.24, 2.45) is 0 Å². The van der Waals surface area contributed by atoms with Gasteiger partial charge in [0.1, 0.15) is 5.75 Å². The molecule has 0 aliphatic heterocycles. The molecule has 0 saturated heterocycles. The molecule has 0 bridgehead atoms. The lowest BCUT2D eigenvalue weighted by molar-refractivity contribution is -0.143. The molecule has 1 rings (SSSR count). The monoisotopic (exact) mass is 304 g/mol. The second kappa shape index (κ2) is 8.24. The van der Waals surface area contributed by atoms with E-state index in [1.54, 1.807) is 7.05 Å². The molecular formula is C15H23F3N2O. The van der Waals surface area contributed by atoms with Gasteiger partial charge in [-0.25, -0.2) is 0 Å². The molecule has 0 radical (unpaired) electrons. The second-order valence-corrected chi connectivity index (χ2v) is 5.07. The van der Waals surface area contributed by atoms with E-state index in [2.05, 4.69) is 5.32 Å². The first-order valence-electron chi connectivity index (χ1n) is 7.01. The molecule has 0 heterocycles. The van der Waals surface area contributed by atoms with E-state index in [1.165, 1.54) is 11.9 Å². The normalized spacial score (nSPS) is 13.5. The summed E-state index contributed by atoms with van der Waals surface area (Å²) < 4.78 is 42.6. The van der Waals surface area contributed by atoms with Crippen molar-refractivity contribution in [3.05, 3.63) is 29.8 Å². The summed E-state index contributed by atoms with van der Waals surface area (Å²) in [5, 5.41) is 3.05. The first kappa shape index (κ1) is 17.8. The lowest BCUT2D eigenvalue weighted by Gasteiger charge is -2.25. The van der Waals surface area contributed by atoms with Crippen LogP contribution in [0, 0.1) is 0 Å². The molecule has 1 unspecified atom stereocenters. The Kier molecular flexibility index (Phi) is 6.98. The van der Waals surface area contributed by atoms with Crippen LogP contribution in [-0.2, 0) is 0 Å². The molecule has 1 atom stereocenters. The van der Waals surface area contributed by atoms with Crippen molar-refractivity contribution in [3.8, 4) is 5.75 Å². The smallest absolute Gasteiger partial charge is 0.401 e. The average molecular weight is 304 g/mol. The van der Waals surface area contributed by atoms with E-state index >= 15 is 0 Å². The molecule has 1 N–H and O–H groups in total. The first-order valence-corrected chi connectivity index (χ1v) is 7.01. The Labute approximate surface area is 124 Å². The Morgan fingerprint density at radius 1 is 1.24 bits per heavy atom. The number of rotatable bonds is 8. The van der Waals surface area contributed by atoms with Gasteiger partial charge in [0.2, 0.25) is 0 Å². The molecule has 0 aromatic heterocycles. The highest BCUT2D eigenvalue weighted by molar-refractivity contribution is 5.29. The van der Waals surface area contributed by atoms with Gasteiger partial charge in [0.05, 0.1) is 13.2 Å². The molecule has 0 saturated carbocycles. The van der Waals surface area contributed by atoms with Crippen molar-refractivity contribution in [2.45, 2.75) is 25.6 Å². The third kappa shape index (κ3) is 6.82. The minimum atomic E-state index is -4.18.